The number of hydrogen-bond donors (Lipinski definition) is 0. The number of carbonyl (C=O) groups excluding carboxylic acids is 1. The molecule has 1 heterocycles. The second kappa shape index (κ2) is 5.51. The molecule has 0 amide bonds. The van der Waals surface area contributed by atoms with Gasteiger partial charge < -0.3 is 4.74 Å². The van der Waals surface area contributed by atoms with Gasteiger partial charge in [-0.3, -0.25) is 4.79 Å². The minimum Gasteiger partial charge on any atom is -0.381 e. The van der Waals surface area contributed by atoms with Gasteiger partial charge in [-0.1, -0.05) is 17.7 Å². The lowest BCUT2D eigenvalue weighted by Gasteiger charge is -2.06. The van der Waals surface area contributed by atoms with Gasteiger partial charge in [-0.2, -0.15) is 0 Å². The van der Waals surface area contributed by atoms with E-state index in [1.54, 1.807) is 11.8 Å². The van der Waals surface area contributed by atoms with Crippen LogP contribution in [0.4, 0.5) is 0 Å². The van der Waals surface area contributed by atoms with E-state index < -0.39 is 0 Å². The van der Waals surface area contributed by atoms with Gasteiger partial charge in [-0.15, -0.1) is 11.8 Å². The predicted molar refractivity (Wildman–Crippen MR) is 65.8 cm³/mol. The van der Waals surface area contributed by atoms with Gasteiger partial charge >= 0.3 is 0 Å². The van der Waals surface area contributed by atoms with Crippen LogP contribution >= 0.6 is 11.8 Å². The predicted octanol–water partition coefficient (Wildman–Crippen LogP) is 2.69. The Bertz CT molecular complexity index is 370. The van der Waals surface area contributed by atoms with E-state index in [1.165, 1.54) is 10.5 Å². The van der Waals surface area contributed by atoms with Crippen molar-refractivity contribution in [2.45, 2.75) is 18.2 Å². The largest absolute Gasteiger partial charge is 0.381 e. The molecule has 0 spiro atoms. The molecule has 0 bridgehead atoms. The molecule has 86 valence electrons. The summed E-state index contributed by atoms with van der Waals surface area (Å²) in [6.45, 7) is 3.43. The van der Waals surface area contributed by atoms with Gasteiger partial charge in [0.05, 0.1) is 12.4 Å². The van der Waals surface area contributed by atoms with E-state index in [-0.39, 0.29) is 5.92 Å². The fraction of sp³-hybridized carbons (Fsp3) is 0.462. The minimum atomic E-state index is 0.136. The Morgan fingerprint density at radius 2 is 2.44 bits per heavy atom. The lowest BCUT2D eigenvalue weighted by Crippen LogP contribution is -2.16. The third-order valence-corrected chi connectivity index (χ3v) is 3.77. The lowest BCUT2D eigenvalue weighted by molar-refractivity contribution is -0.120. The monoisotopic (exact) mass is 236 g/mol. The zero-order chi connectivity index (χ0) is 11.4. The molecule has 2 rings (SSSR count). The van der Waals surface area contributed by atoms with Gasteiger partial charge in [0.25, 0.3) is 0 Å². The number of ether oxygens (including phenoxy) is 1. The maximum Gasteiger partial charge on any atom is 0.148 e. The normalized spacial score (nSPS) is 19.9. The van der Waals surface area contributed by atoms with Crippen molar-refractivity contribution in [3.8, 4) is 0 Å². The molecule has 16 heavy (non-hydrogen) atoms. The molecule has 0 N–H and O–H groups in total. The van der Waals surface area contributed by atoms with Crippen molar-refractivity contribution in [2.24, 2.45) is 5.92 Å². The van der Waals surface area contributed by atoms with Crippen LogP contribution in [0.2, 0.25) is 0 Å². The summed E-state index contributed by atoms with van der Waals surface area (Å²) in [6.07, 6.45) is 0.896. The first-order valence-electron chi connectivity index (χ1n) is 5.55. The topological polar surface area (TPSA) is 26.3 Å². The van der Waals surface area contributed by atoms with Crippen LogP contribution in [-0.2, 0) is 9.53 Å². The molecule has 1 aliphatic heterocycles. The van der Waals surface area contributed by atoms with E-state index in [2.05, 4.69) is 25.1 Å². The van der Waals surface area contributed by atoms with E-state index in [9.17, 15) is 4.79 Å². The van der Waals surface area contributed by atoms with Gasteiger partial charge in [-0.05, 0) is 25.5 Å². The molecule has 0 saturated carbocycles. The molecule has 0 radical (unpaired) electrons. The van der Waals surface area contributed by atoms with Crippen LogP contribution in [0.25, 0.3) is 0 Å². The highest BCUT2D eigenvalue weighted by molar-refractivity contribution is 8.00. The van der Waals surface area contributed by atoms with E-state index in [0.29, 0.717) is 18.1 Å². The van der Waals surface area contributed by atoms with Crippen molar-refractivity contribution in [1.82, 2.24) is 0 Å². The van der Waals surface area contributed by atoms with E-state index >= 15 is 0 Å². The van der Waals surface area contributed by atoms with Crippen LogP contribution in [0.3, 0.4) is 0 Å². The number of rotatable bonds is 4. The molecule has 1 saturated heterocycles. The number of ketones is 1. The van der Waals surface area contributed by atoms with Gasteiger partial charge in [0.1, 0.15) is 5.78 Å². The van der Waals surface area contributed by atoms with Crippen molar-refractivity contribution in [1.29, 1.82) is 0 Å². The summed E-state index contributed by atoms with van der Waals surface area (Å²) in [6, 6.07) is 8.26. The quantitative estimate of drug-likeness (QED) is 0.752. The van der Waals surface area contributed by atoms with Crippen LogP contribution < -0.4 is 0 Å². The van der Waals surface area contributed by atoms with Crippen molar-refractivity contribution >= 4 is 17.5 Å². The number of Topliss-reactive ketones (excluding diaryl/α,β-unsaturated/α-hetero) is 1. The Labute approximate surface area is 100 Å². The highest BCUT2D eigenvalue weighted by Crippen LogP contribution is 2.22. The fourth-order valence-electron chi connectivity index (χ4n) is 1.77. The van der Waals surface area contributed by atoms with Crippen LogP contribution in [0, 0.1) is 12.8 Å². The third kappa shape index (κ3) is 3.09. The summed E-state index contributed by atoms with van der Waals surface area (Å²) in [5.41, 5.74) is 1.24. The van der Waals surface area contributed by atoms with Crippen molar-refractivity contribution in [2.75, 3.05) is 19.0 Å². The molecule has 1 atom stereocenters. The summed E-state index contributed by atoms with van der Waals surface area (Å²) in [5.74, 6) is 1.03. The van der Waals surface area contributed by atoms with Crippen LogP contribution in [-0.4, -0.2) is 24.7 Å². The Morgan fingerprint density at radius 1 is 1.56 bits per heavy atom. The smallest absolute Gasteiger partial charge is 0.148 e. The zero-order valence-corrected chi connectivity index (χ0v) is 10.3. The number of carbonyl (C=O) groups is 1. The first-order valence-corrected chi connectivity index (χ1v) is 6.54. The van der Waals surface area contributed by atoms with E-state index in [4.69, 9.17) is 4.74 Å². The average molecular weight is 236 g/mol. The Morgan fingerprint density at radius 3 is 3.12 bits per heavy atom. The van der Waals surface area contributed by atoms with Gasteiger partial charge in [-0.25, -0.2) is 0 Å². The molecule has 1 aromatic carbocycles. The molecule has 1 aliphatic rings. The lowest BCUT2D eigenvalue weighted by atomic mass is 10.1. The second-order valence-corrected chi connectivity index (χ2v) is 5.18. The van der Waals surface area contributed by atoms with Crippen molar-refractivity contribution < 1.29 is 9.53 Å². The summed E-state index contributed by atoms with van der Waals surface area (Å²) in [4.78, 5) is 13.0. The molecule has 0 aliphatic carbocycles. The standard InChI is InChI=1S/C13H16O2S/c1-10-3-2-4-12(7-10)16-9-13(14)11-5-6-15-8-11/h2-4,7,11H,5-6,8-9H2,1H3. The number of thioether (sulfide) groups is 1. The minimum absolute atomic E-state index is 0.136. The Hall–Kier alpha value is -0.800. The molecule has 0 aromatic heterocycles. The van der Waals surface area contributed by atoms with Crippen molar-refractivity contribution in [3.05, 3.63) is 29.8 Å². The highest BCUT2D eigenvalue weighted by atomic mass is 32.2. The maximum absolute atomic E-state index is 11.8. The molecular weight excluding hydrogens is 220 g/mol. The SMILES string of the molecule is Cc1cccc(SCC(=O)C2CCOC2)c1. The molecule has 1 aromatic rings. The fourth-order valence-corrected chi connectivity index (χ4v) is 2.75. The zero-order valence-electron chi connectivity index (χ0n) is 9.44. The highest BCUT2D eigenvalue weighted by Gasteiger charge is 2.22. The number of hydrogen-bond acceptors (Lipinski definition) is 3. The van der Waals surface area contributed by atoms with Crippen LogP contribution in [0.15, 0.2) is 29.2 Å². The molecule has 1 fully saturated rings. The Kier molecular flexibility index (Phi) is 4.02. The third-order valence-electron chi connectivity index (χ3n) is 2.76. The molecule has 1 unspecified atom stereocenters. The Balaban J connectivity index is 1.84. The summed E-state index contributed by atoms with van der Waals surface area (Å²) in [5, 5.41) is 0. The van der Waals surface area contributed by atoms with E-state index in [0.717, 1.165) is 13.0 Å². The van der Waals surface area contributed by atoms with Crippen LogP contribution in [0.1, 0.15) is 12.0 Å². The molecule has 2 nitrogen and oxygen atoms in total. The first-order chi connectivity index (χ1) is 7.75. The van der Waals surface area contributed by atoms with Gasteiger partial charge in [0, 0.05) is 17.4 Å². The maximum atomic E-state index is 11.8. The average Bonchev–Trinajstić information content (AvgIpc) is 2.79. The molecular formula is C13H16O2S. The molecule has 3 heteroatoms. The van der Waals surface area contributed by atoms with E-state index in [1.807, 2.05) is 6.07 Å². The summed E-state index contributed by atoms with van der Waals surface area (Å²) >= 11 is 1.62. The first kappa shape index (κ1) is 11.7. The number of aryl methyl sites for hydroxylation is 1. The summed E-state index contributed by atoms with van der Waals surface area (Å²) in [7, 11) is 0. The van der Waals surface area contributed by atoms with Crippen LogP contribution in [0.5, 0.6) is 0 Å². The van der Waals surface area contributed by atoms with Gasteiger partial charge in [0.15, 0.2) is 0 Å². The van der Waals surface area contributed by atoms with Gasteiger partial charge in [0.2, 0.25) is 0 Å². The van der Waals surface area contributed by atoms with Crippen molar-refractivity contribution in [3.63, 3.8) is 0 Å². The summed E-state index contributed by atoms with van der Waals surface area (Å²) < 4.78 is 5.22. The second-order valence-electron chi connectivity index (χ2n) is 4.13. The number of benzene rings is 1.